The van der Waals surface area contributed by atoms with Crippen LogP contribution in [-0.4, -0.2) is 24.8 Å². The molecule has 3 aromatic carbocycles. The average molecular weight is 392 g/mol. The Morgan fingerprint density at radius 1 is 0.893 bits per heavy atom. The Kier molecular flexibility index (Phi) is 5.13. The molecule has 0 radical (unpaired) electrons. The maximum Gasteiger partial charge on any atom is 0.264 e. The van der Waals surface area contributed by atoms with E-state index in [1.54, 1.807) is 53.4 Å². The number of rotatable bonds is 5. The van der Waals surface area contributed by atoms with Crippen molar-refractivity contribution in [2.45, 2.75) is 6.42 Å². The van der Waals surface area contributed by atoms with Gasteiger partial charge >= 0.3 is 0 Å². The normalized spacial score (nSPS) is 12.5. The molecule has 1 heterocycles. The van der Waals surface area contributed by atoms with E-state index < -0.39 is 0 Å². The fraction of sp³-hybridized carbons (Fsp3) is 0.130. The molecule has 28 heavy (non-hydrogen) atoms. The van der Waals surface area contributed by atoms with Crippen molar-refractivity contribution in [1.82, 2.24) is 0 Å². The molecule has 4 nitrogen and oxygen atoms in total. The highest BCUT2D eigenvalue weighted by atomic mass is 35.5. The van der Waals surface area contributed by atoms with E-state index in [1.165, 1.54) is 5.56 Å². The quantitative estimate of drug-likeness (QED) is 0.600. The third kappa shape index (κ3) is 3.78. The molecule has 1 aliphatic rings. The SMILES string of the molecule is O=C(c1ccc(Cl)cc1)c1ccc(OCC(=O)N2CCc3ccccc32)cc1. The average Bonchev–Trinajstić information content (AvgIpc) is 3.17. The molecule has 3 aromatic rings. The summed E-state index contributed by atoms with van der Waals surface area (Å²) in [6.45, 7) is 0.634. The Bertz CT molecular complexity index is 1010. The third-order valence-electron chi connectivity index (χ3n) is 4.77. The van der Waals surface area contributed by atoms with Crippen LogP contribution in [0.15, 0.2) is 72.8 Å². The van der Waals surface area contributed by atoms with Gasteiger partial charge in [0.25, 0.3) is 5.91 Å². The van der Waals surface area contributed by atoms with Crippen LogP contribution in [-0.2, 0) is 11.2 Å². The second kappa shape index (κ2) is 7.87. The number of ketones is 1. The second-order valence-electron chi connectivity index (χ2n) is 6.57. The van der Waals surface area contributed by atoms with Gasteiger partial charge in [0.15, 0.2) is 12.4 Å². The number of fused-ring (bicyclic) bond motifs is 1. The lowest BCUT2D eigenvalue weighted by atomic mass is 10.0. The molecule has 0 aromatic heterocycles. The van der Waals surface area contributed by atoms with Crippen LogP contribution < -0.4 is 9.64 Å². The predicted octanol–water partition coefficient (Wildman–Crippen LogP) is 4.54. The fourth-order valence-electron chi connectivity index (χ4n) is 3.29. The van der Waals surface area contributed by atoms with E-state index in [9.17, 15) is 9.59 Å². The zero-order chi connectivity index (χ0) is 19.5. The second-order valence-corrected chi connectivity index (χ2v) is 7.01. The first-order chi connectivity index (χ1) is 13.6. The summed E-state index contributed by atoms with van der Waals surface area (Å²) in [6, 6.07) is 21.5. The molecule has 0 aliphatic carbocycles. The van der Waals surface area contributed by atoms with E-state index in [0.717, 1.165) is 12.1 Å². The van der Waals surface area contributed by atoms with Crippen LogP contribution in [0.2, 0.25) is 5.02 Å². The molecule has 0 N–H and O–H groups in total. The van der Waals surface area contributed by atoms with Crippen LogP contribution >= 0.6 is 11.6 Å². The molecule has 0 atom stereocenters. The lowest BCUT2D eigenvalue weighted by Crippen LogP contribution is -2.33. The summed E-state index contributed by atoms with van der Waals surface area (Å²) >= 11 is 5.86. The first-order valence-electron chi connectivity index (χ1n) is 9.03. The van der Waals surface area contributed by atoms with E-state index in [-0.39, 0.29) is 18.3 Å². The van der Waals surface area contributed by atoms with E-state index >= 15 is 0 Å². The van der Waals surface area contributed by atoms with E-state index in [2.05, 4.69) is 0 Å². The van der Waals surface area contributed by atoms with Crippen LogP contribution in [0.4, 0.5) is 5.69 Å². The smallest absolute Gasteiger partial charge is 0.264 e. The van der Waals surface area contributed by atoms with Crippen LogP contribution in [0.1, 0.15) is 21.5 Å². The maximum atomic E-state index is 12.5. The number of nitrogens with zero attached hydrogens (tertiary/aromatic N) is 1. The lowest BCUT2D eigenvalue weighted by molar-refractivity contribution is -0.120. The van der Waals surface area contributed by atoms with Gasteiger partial charge < -0.3 is 9.64 Å². The molecule has 1 amide bonds. The fourth-order valence-corrected chi connectivity index (χ4v) is 3.42. The minimum absolute atomic E-state index is 0.0428. The van der Waals surface area contributed by atoms with Crippen molar-refractivity contribution in [3.8, 4) is 5.75 Å². The van der Waals surface area contributed by atoms with Gasteiger partial charge in [0.05, 0.1) is 0 Å². The monoisotopic (exact) mass is 391 g/mol. The van der Waals surface area contributed by atoms with Gasteiger partial charge in [0, 0.05) is 28.4 Å². The van der Waals surface area contributed by atoms with Gasteiger partial charge in [-0.05, 0) is 66.6 Å². The molecule has 0 saturated heterocycles. The number of para-hydroxylation sites is 1. The Morgan fingerprint density at radius 3 is 2.25 bits per heavy atom. The van der Waals surface area contributed by atoms with Gasteiger partial charge in [0.1, 0.15) is 5.75 Å². The first-order valence-corrected chi connectivity index (χ1v) is 9.41. The molecule has 0 bridgehead atoms. The highest BCUT2D eigenvalue weighted by molar-refractivity contribution is 6.30. The van der Waals surface area contributed by atoms with Crippen molar-refractivity contribution in [3.05, 3.63) is 94.5 Å². The van der Waals surface area contributed by atoms with Crippen molar-refractivity contribution >= 4 is 29.0 Å². The summed E-state index contributed by atoms with van der Waals surface area (Å²) in [4.78, 5) is 26.7. The molecular weight excluding hydrogens is 374 g/mol. The topological polar surface area (TPSA) is 46.6 Å². The highest BCUT2D eigenvalue weighted by Crippen LogP contribution is 2.27. The predicted molar refractivity (Wildman–Crippen MR) is 109 cm³/mol. The number of anilines is 1. The molecular formula is C23H18ClNO3. The molecule has 0 saturated carbocycles. The summed E-state index contributed by atoms with van der Waals surface area (Å²) in [5.74, 6) is 0.382. The number of amides is 1. The minimum Gasteiger partial charge on any atom is -0.484 e. The zero-order valence-electron chi connectivity index (χ0n) is 15.1. The van der Waals surface area contributed by atoms with Gasteiger partial charge in [-0.25, -0.2) is 0 Å². The number of hydrogen-bond acceptors (Lipinski definition) is 3. The van der Waals surface area contributed by atoms with E-state index in [4.69, 9.17) is 16.3 Å². The molecule has 4 rings (SSSR count). The first kappa shape index (κ1) is 18.3. The van der Waals surface area contributed by atoms with Crippen LogP contribution in [0.5, 0.6) is 5.75 Å². The van der Waals surface area contributed by atoms with E-state index in [0.29, 0.717) is 28.4 Å². The number of ether oxygens (including phenoxy) is 1. The van der Waals surface area contributed by atoms with E-state index in [1.807, 2.05) is 24.3 Å². The molecule has 5 heteroatoms. The van der Waals surface area contributed by atoms with Crippen molar-refractivity contribution in [2.24, 2.45) is 0 Å². The van der Waals surface area contributed by atoms with Crippen LogP contribution in [0, 0.1) is 0 Å². The minimum atomic E-state index is -0.0898. The molecule has 1 aliphatic heterocycles. The van der Waals surface area contributed by atoms with Gasteiger partial charge in [-0.3, -0.25) is 9.59 Å². The molecule has 0 fully saturated rings. The van der Waals surface area contributed by atoms with Gasteiger partial charge in [0.2, 0.25) is 0 Å². The number of halogens is 1. The van der Waals surface area contributed by atoms with Crippen molar-refractivity contribution in [3.63, 3.8) is 0 Å². The van der Waals surface area contributed by atoms with Crippen molar-refractivity contribution in [2.75, 3.05) is 18.1 Å². The summed E-state index contributed by atoms with van der Waals surface area (Å²) in [7, 11) is 0. The Morgan fingerprint density at radius 2 is 1.54 bits per heavy atom. The zero-order valence-corrected chi connectivity index (χ0v) is 15.9. The number of carbonyl (C=O) groups is 2. The summed E-state index contributed by atoms with van der Waals surface area (Å²) < 4.78 is 5.63. The summed E-state index contributed by atoms with van der Waals surface area (Å²) in [5.41, 5.74) is 3.26. The largest absolute Gasteiger partial charge is 0.484 e. The number of hydrogen-bond donors (Lipinski definition) is 0. The van der Waals surface area contributed by atoms with Gasteiger partial charge in [-0.2, -0.15) is 0 Å². The molecule has 140 valence electrons. The maximum absolute atomic E-state index is 12.5. The van der Waals surface area contributed by atoms with Gasteiger partial charge in [-0.15, -0.1) is 0 Å². The summed E-state index contributed by atoms with van der Waals surface area (Å²) in [5, 5.41) is 0.589. The number of benzene rings is 3. The van der Waals surface area contributed by atoms with Gasteiger partial charge in [-0.1, -0.05) is 29.8 Å². The van der Waals surface area contributed by atoms with Crippen molar-refractivity contribution in [1.29, 1.82) is 0 Å². The molecule has 0 unspecified atom stereocenters. The summed E-state index contributed by atoms with van der Waals surface area (Å²) in [6.07, 6.45) is 0.865. The molecule has 0 spiro atoms. The number of carbonyl (C=O) groups excluding carboxylic acids is 2. The van der Waals surface area contributed by atoms with Crippen LogP contribution in [0.3, 0.4) is 0 Å². The Hall–Kier alpha value is -3.11. The van der Waals surface area contributed by atoms with Crippen LogP contribution in [0.25, 0.3) is 0 Å². The Balaban J connectivity index is 1.38. The Labute approximate surface area is 168 Å². The lowest BCUT2D eigenvalue weighted by Gasteiger charge is -2.17. The standard InChI is InChI=1S/C23H18ClNO3/c24-19-9-5-17(6-10-19)23(27)18-7-11-20(12-8-18)28-15-22(26)25-14-13-16-3-1-2-4-21(16)25/h1-12H,13-15H2. The highest BCUT2D eigenvalue weighted by Gasteiger charge is 2.24. The third-order valence-corrected chi connectivity index (χ3v) is 5.03. The van der Waals surface area contributed by atoms with Crippen molar-refractivity contribution < 1.29 is 14.3 Å².